The summed E-state index contributed by atoms with van der Waals surface area (Å²) in [6.07, 6.45) is 6.36. The number of hydrogen-bond donors (Lipinski definition) is 0. The van der Waals surface area contributed by atoms with E-state index in [1.54, 1.807) is 19.1 Å². The van der Waals surface area contributed by atoms with Crippen LogP contribution in [0.15, 0.2) is 36.4 Å². The van der Waals surface area contributed by atoms with Gasteiger partial charge in [-0.25, -0.2) is 8.78 Å². The van der Waals surface area contributed by atoms with Crippen LogP contribution in [-0.4, -0.2) is 6.61 Å². The van der Waals surface area contributed by atoms with Gasteiger partial charge < -0.3 is 4.74 Å². The normalized spacial score (nSPS) is 17.4. The molecule has 1 aromatic heterocycles. The minimum atomic E-state index is -0.386. The third kappa shape index (κ3) is 2.41. The van der Waals surface area contributed by atoms with Crippen molar-refractivity contribution in [1.29, 1.82) is 0 Å². The Morgan fingerprint density at radius 1 is 1.09 bits per heavy atom. The molecular weight excluding hydrogens is 314 g/mol. The standard InChI is InChI=1S/C19H16F2OS/c1-11-6-7-13-14-8-9-15(22-10-12-4-2-3-5-12)17(21)19(14)23-18(13)16(11)20/h2,4,6-9,12H,3,5,10H2,1H3. The van der Waals surface area contributed by atoms with Crippen LogP contribution in [0, 0.1) is 24.5 Å². The number of thiophene rings is 1. The Kier molecular flexibility index (Phi) is 3.57. The summed E-state index contributed by atoms with van der Waals surface area (Å²) in [7, 11) is 0. The number of fused-ring (bicyclic) bond motifs is 3. The van der Waals surface area contributed by atoms with Gasteiger partial charge in [0.2, 0.25) is 0 Å². The highest BCUT2D eigenvalue weighted by molar-refractivity contribution is 7.25. The first-order valence-corrected chi connectivity index (χ1v) is 8.56. The van der Waals surface area contributed by atoms with Gasteiger partial charge in [-0.05, 0) is 37.5 Å². The minimum absolute atomic E-state index is 0.251. The molecule has 0 fully saturated rings. The van der Waals surface area contributed by atoms with Crippen molar-refractivity contribution in [3.8, 4) is 5.75 Å². The van der Waals surface area contributed by atoms with Gasteiger partial charge in [0, 0.05) is 16.7 Å². The summed E-state index contributed by atoms with van der Waals surface area (Å²) in [6, 6.07) is 7.07. The maximum atomic E-state index is 14.8. The molecule has 0 radical (unpaired) electrons. The highest BCUT2D eigenvalue weighted by atomic mass is 32.1. The summed E-state index contributed by atoms with van der Waals surface area (Å²) in [5, 5.41) is 1.51. The van der Waals surface area contributed by atoms with Gasteiger partial charge in [-0.1, -0.05) is 24.3 Å². The summed E-state index contributed by atoms with van der Waals surface area (Å²) in [4.78, 5) is 0. The lowest BCUT2D eigenvalue weighted by Gasteiger charge is -2.11. The molecule has 1 aliphatic rings. The molecule has 0 amide bonds. The molecule has 1 unspecified atom stereocenters. The largest absolute Gasteiger partial charge is 0.490 e. The molecule has 0 spiro atoms. The monoisotopic (exact) mass is 330 g/mol. The van der Waals surface area contributed by atoms with Crippen molar-refractivity contribution in [3.05, 3.63) is 53.6 Å². The molecule has 1 heterocycles. The number of rotatable bonds is 3. The number of hydrogen-bond acceptors (Lipinski definition) is 2. The van der Waals surface area contributed by atoms with Crippen molar-refractivity contribution in [2.24, 2.45) is 5.92 Å². The predicted molar refractivity (Wildman–Crippen MR) is 91.3 cm³/mol. The lowest BCUT2D eigenvalue weighted by Crippen LogP contribution is -2.08. The molecule has 0 N–H and O–H groups in total. The number of ether oxygens (including phenoxy) is 1. The van der Waals surface area contributed by atoms with Gasteiger partial charge in [-0.3, -0.25) is 0 Å². The summed E-state index contributed by atoms with van der Waals surface area (Å²) < 4.78 is 35.7. The maximum Gasteiger partial charge on any atom is 0.182 e. The molecule has 3 aromatic rings. The first kappa shape index (κ1) is 14.6. The van der Waals surface area contributed by atoms with Gasteiger partial charge in [-0.2, -0.15) is 0 Å². The summed E-state index contributed by atoms with van der Waals surface area (Å²) in [6.45, 7) is 2.20. The van der Waals surface area contributed by atoms with E-state index in [0.29, 0.717) is 27.5 Å². The van der Waals surface area contributed by atoms with Crippen LogP contribution in [-0.2, 0) is 0 Å². The molecule has 0 saturated heterocycles. The van der Waals surface area contributed by atoms with Crippen LogP contribution in [0.3, 0.4) is 0 Å². The molecule has 4 heteroatoms. The van der Waals surface area contributed by atoms with Gasteiger partial charge >= 0.3 is 0 Å². The fraction of sp³-hybridized carbons (Fsp3) is 0.263. The van der Waals surface area contributed by atoms with E-state index in [0.717, 1.165) is 35.0 Å². The van der Waals surface area contributed by atoms with Gasteiger partial charge in [-0.15, -0.1) is 11.3 Å². The molecule has 1 aliphatic carbocycles. The van der Waals surface area contributed by atoms with Crippen molar-refractivity contribution in [2.75, 3.05) is 6.61 Å². The Hall–Kier alpha value is -1.94. The fourth-order valence-electron chi connectivity index (χ4n) is 3.06. The zero-order valence-corrected chi connectivity index (χ0v) is 13.6. The summed E-state index contributed by atoms with van der Waals surface area (Å²) in [5.41, 5.74) is 0.578. The van der Waals surface area contributed by atoms with E-state index in [9.17, 15) is 8.78 Å². The zero-order chi connectivity index (χ0) is 16.0. The average molecular weight is 330 g/mol. The number of aryl methyl sites for hydroxylation is 1. The quantitative estimate of drug-likeness (QED) is 0.536. The third-order valence-electron chi connectivity index (χ3n) is 4.41. The SMILES string of the molecule is Cc1ccc2c(sc3c(F)c(OCC4C=CCC4)ccc32)c1F. The molecule has 0 bridgehead atoms. The van der Waals surface area contributed by atoms with E-state index < -0.39 is 0 Å². The Bertz CT molecular complexity index is 926. The number of halogens is 2. The Morgan fingerprint density at radius 3 is 2.57 bits per heavy atom. The first-order valence-electron chi connectivity index (χ1n) is 7.74. The smallest absolute Gasteiger partial charge is 0.182 e. The van der Waals surface area contributed by atoms with Gasteiger partial charge in [0.15, 0.2) is 11.6 Å². The molecule has 4 rings (SSSR count). The van der Waals surface area contributed by atoms with E-state index in [2.05, 4.69) is 12.2 Å². The second-order valence-corrected chi connectivity index (χ2v) is 7.03. The lowest BCUT2D eigenvalue weighted by molar-refractivity contribution is 0.263. The van der Waals surface area contributed by atoms with E-state index in [4.69, 9.17) is 4.74 Å². The Balaban J connectivity index is 1.76. The maximum absolute atomic E-state index is 14.8. The van der Waals surface area contributed by atoms with Gasteiger partial charge in [0.25, 0.3) is 0 Å². The van der Waals surface area contributed by atoms with Crippen LogP contribution >= 0.6 is 11.3 Å². The third-order valence-corrected chi connectivity index (χ3v) is 5.62. The van der Waals surface area contributed by atoms with E-state index >= 15 is 0 Å². The second kappa shape index (κ2) is 5.60. The average Bonchev–Trinajstić information content (AvgIpc) is 3.18. The number of benzene rings is 2. The molecule has 118 valence electrons. The van der Waals surface area contributed by atoms with Crippen molar-refractivity contribution >= 4 is 31.5 Å². The molecule has 0 aliphatic heterocycles. The first-order chi connectivity index (χ1) is 11.1. The predicted octanol–water partition coefficient (Wildman–Crippen LogP) is 5.99. The highest BCUT2D eigenvalue weighted by Crippen LogP contribution is 2.40. The van der Waals surface area contributed by atoms with E-state index in [-0.39, 0.29) is 17.4 Å². The van der Waals surface area contributed by atoms with E-state index in [1.165, 1.54) is 0 Å². The highest BCUT2D eigenvalue weighted by Gasteiger charge is 2.18. The topological polar surface area (TPSA) is 9.23 Å². The van der Waals surface area contributed by atoms with Gasteiger partial charge in [0.1, 0.15) is 5.82 Å². The van der Waals surface area contributed by atoms with Crippen LogP contribution in [0.5, 0.6) is 5.75 Å². The fourth-order valence-corrected chi connectivity index (χ4v) is 4.28. The van der Waals surface area contributed by atoms with Crippen LogP contribution in [0.25, 0.3) is 20.2 Å². The zero-order valence-electron chi connectivity index (χ0n) is 12.7. The molecule has 23 heavy (non-hydrogen) atoms. The van der Waals surface area contributed by atoms with Crippen LogP contribution in [0.4, 0.5) is 8.78 Å². The Morgan fingerprint density at radius 2 is 1.83 bits per heavy atom. The van der Waals surface area contributed by atoms with Crippen molar-refractivity contribution in [2.45, 2.75) is 19.8 Å². The van der Waals surface area contributed by atoms with Crippen molar-refractivity contribution in [3.63, 3.8) is 0 Å². The van der Waals surface area contributed by atoms with Gasteiger partial charge in [0.05, 0.1) is 16.0 Å². The Labute approximate surface area is 137 Å². The second-order valence-electron chi connectivity index (χ2n) is 6.01. The minimum Gasteiger partial charge on any atom is -0.490 e. The lowest BCUT2D eigenvalue weighted by atomic mass is 10.1. The number of allylic oxidation sites excluding steroid dienone is 1. The van der Waals surface area contributed by atoms with Crippen LogP contribution < -0.4 is 4.74 Å². The summed E-state index contributed by atoms with van der Waals surface area (Å²) >= 11 is 1.16. The molecular formula is C19H16F2OS. The van der Waals surface area contributed by atoms with Crippen molar-refractivity contribution in [1.82, 2.24) is 0 Å². The molecule has 1 atom stereocenters. The molecule has 1 nitrogen and oxygen atoms in total. The van der Waals surface area contributed by atoms with Crippen LogP contribution in [0.1, 0.15) is 18.4 Å². The van der Waals surface area contributed by atoms with Crippen molar-refractivity contribution < 1.29 is 13.5 Å². The van der Waals surface area contributed by atoms with Crippen LogP contribution in [0.2, 0.25) is 0 Å². The summed E-state index contributed by atoms with van der Waals surface area (Å²) in [5.74, 6) is -0.0431. The molecule has 2 aromatic carbocycles. The molecule has 0 saturated carbocycles. The van der Waals surface area contributed by atoms with E-state index in [1.807, 2.05) is 12.1 Å².